The van der Waals surface area contributed by atoms with E-state index in [2.05, 4.69) is 17.6 Å². The third-order valence-corrected chi connectivity index (χ3v) is 3.62. The Morgan fingerprint density at radius 1 is 1.29 bits per heavy atom. The first-order valence-electron chi connectivity index (χ1n) is 7.43. The van der Waals surface area contributed by atoms with E-state index in [0.717, 1.165) is 38.1 Å². The molecule has 0 aliphatic carbocycles. The summed E-state index contributed by atoms with van der Waals surface area (Å²) in [6, 6.07) is 8.02. The van der Waals surface area contributed by atoms with Gasteiger partial charge in [-0.15, -0.1) is 12.4 Å². The van der Waals surface area contributed by atoms with Crippen LogP contribution < -0.4 is 15.4 Å². The van der Waals surface area contributed by atoms with Gasteiger partial charge in [0, 0.05) is 12.5 Å². The predicted molar refractivity (Wildman–Crippen MR) is 87.1 cm³/mol. The van der Waals surface area contributed by atoms with Gasteiger partial charge in [0.2, 0.25) is 5.91 Å². The molecule has 1 aromatic rings. The zero-order valence-corrected chi connectivity index (χ0v) is 13.4. The van der Waals surface area contributed by atoms with Crippen LogP contribution in [-0.4, -0.2) is 32.1 Å². The first kappa shape index (κ1) is 17.8. The van der Waals surface area contributed by atoms with Crippen LogP contribution in [0.3, 0.4) is 0 Å². The van der Waals surface area contributed by atoms with Crippen molar-refractivity contribution < 1.29 is 9.53 Å². The Bertz CT molecular complexity index is 417. The van der Waals surface area contributed by atoms with E-state index in [9.17, 15) is 4.79 Å². The maximum Gasteiger partial charge on any atom is 0.223 e. The molecule has 2 N–H and O–H groups in total. The van der Waals surface area contributed by atoms with Crippen molar-refractivity contribution in [2.45, 2.75) is 26.2 Å². The van der Waals surface area contributed by atoms with Crippen LogP contribution >= 0.6 is 12.4 Å². The molecule has 0 unspecified atom stereocenters. The highest BCUT2D eigenvalue weighted by Gasteiger charge is 2.19. The highest BCUT2D eigenvalue weighted by molar-refractivity contribution is 5.85. The molecular weight excluding hydrogens is 288 g/mol. The van der Waals surface area contributed by atoms with Crippen molar-refractivity contribution in [3.63, 3.8) is 0 Å². The average molecular weight is 313 g/mol. The lowest BCUT2D eigenvalue weighted by Crippen LogP contribution is -2.38. The zero-order valence-electron chi connectivity index (χ0n) is 12.6. The van der Waals surface area contributed by atoms with Gasteiger partial charge in [-0.05, 0) is 51.4 Å². The highest BCUT2D eigenvalue weighted by Crippen LogP contribution is 2.12. The Morgan fingerprint density at radius 3 is 2.62 bits per heavy atom. The first-order chi connectivity index (χ1) is 9.75. The monoisotopic (exact) mass is 312 g/mol. The first-order valence-corrected chi connectivity index (χ1v) is 7.43. The summed E-state index contributed by atoms with van der Waals surface area (Å²) in [5.74, 6) is 1.27. The number of rotatable bonds is 6. The van der Waals surface area contributed by atoms with Crippen molar-refractivity contribution in [2.24, 2.45) is 5.92 Å². The molecule has 118 valence electrons. The number of carbonyl (C=O) groups excluding carboxylic acids is 1. The molecule has 1 aliphatic rings. The number of nitrogens with one attached hydrogen (secondary N) is 2. The van der Waals surface area contributed by atoms with E-state index >= 15 is 0 Å². The summed E-state index contributed by atoms with van der Waals surface area (Å²) in [6.07, 6.45) is 2.74. The molecule has 1 aromatic carbocycles. The normalized spacial score (nSPS) is 15.1. The third-order valence-electron chi connectivity index (χ3n) is 3.62. The lowest BCUT2D eigenvalue weighted by Gasteiger charge is -2.21. The second-order valence-electron chi connectivity index (χ2n) is 5.33. The van der Waals surface area contributed by atoms with Crippen LogP contribution in [0.1, 0.15) is 24.8 Å². The Hall–Kier alpha value is -1.26. The van der Waals surface area contributed by atoms with Crippen LogP contribution in [0.25, 0.3) is 0 Å². The molecule has 1 aliphatic heterocycles. The minimum absolute atomic E-state index is 0. The van der Waals surface area contributed by atoms with Gasteiger partial charge in [-0.25, -0.2) is 0 Å². The van der Waals surface area contributed by atoms with Crippen molar-refractivity contribution >= 4 is 18.3 Å². The van der Waals surface area contributed by atoms with Crippen molar-refractivity contribution in [1.82, 2.24) is 10.6 Å². The second-order valence-corrected chi connectivity index (χ2v) is 5.33. The van der Waals surface area contributed by atoms with Gasteiger partial charge in [-0.1, -0.05) is 17.7 Å². The largest absolute Gasteiger partial charge is 0.494 e. The number of hydrogen-bond acceptors (Lipinski definition) is 3. The van der Waals surface area contributed by atoms with E-state index in [4.69, 9.17) is 4.74 Å². The van der Waals surface area contributed by atoms with Crippen LogP contribution in [0.2, 0.25) is 0 Å². The van der Waals surface area contributed by atoms with Crippen molar-refractivity contribution in [3.8, 4) is 5.75 Å². The van der Waals surface area contributed by atoms with E-state index in [1.807, 2.05) is 24.3 Å². The van der Waals surface area contributed by atoms with Crippen LogP contribution in [0.4, 0.5) is 0 Å². The zero-order chi connectivity index (χ0) is 14.2. The summed E-state index contributed by atoms with van der Waals surface area (Å²) in [5.41, 5.74) is 1.23. The second kappa shape index (κ2) is 9.64. The van der Waals surface area contributed by atoms with E-state index < -0.39 is 0 Å². The van der Waals surface area contributed by atoms with Gasteiger partial charge in [0.25, 0.3) is 0 Å². The van der Waals surface area contributed by atoms with Gasteiger partial charge >= 0.3 is 0 Å². The fourth-order valence-corrected chi connectivity index (χ4v) is 2.34. The fraction of sp³-hybridized carbons (Fsp3) is 0.562. The lowest BCUT2D eigenvalue weighted by molar-refractivity contribution is -0.125. The average Bonchev–Trinajstić information content (AvgIpc) is 2.49. The highest BCUT2D eigenvalue weighted by atomic mass is 35.5. The molecule has 0 atom stereocenters. The maximum atomic E-state index is 11.9. The number of ether oxygens (including phenoxy) is 1. The summed E-state index contributed by atoms with van der Waals surface area (Å²) >= 11 is 0. The molecule has 4 nitrogen and oxygen atoms in total. The molecule has 1 saturated heterocycles. The molecule has 5 heteroatoms. The van der Waals surface area contributed by atoms with Crippen molar-refractivity contribution in [2.75, 3.05) is 26.2 Å². The molecule has 0 saturated carbocycles. The molecule has 0 aromatic heterocycles. The SMILES string of the molecule is Cc1ccc(OCCCNC(=O)C2CCNCC2)cc1.Cl. The van der Waals surface area contributed by atoms with Gasteiger partial charge in [-0.3, -0.25) is 4.79 Å². The van der Waals surface area contributed by atoms with Crippen LogP contribution in [0.5, 0.6) is 5.75 Å². The summed E-state index contributed by atoms with van der Waals surface area (Å²) in [6.45, 7) is 5.29. The summed E-state index contributed by atoms with van der Waals surface area (Å²) < 4.78 is 5.63. The molecule has 1 amide bonds. The number of aryl methyl sites for hydroxylation is 1. The molecule has 0 spiro atoms. The molecule has 1 heterocycles. The number of hydrogen-bond donors (Lipinski definition) is 2. The quantitative estimate of drug-likeness (QED) is 0.793. The van der Waals surface area contributed by atoms with E-state index in [-0.39, 0.29) is 24.2 Å². The Kier molecular flexibility index (Phi) is 8.16. The minimum atomic E-state index is 0. The number of benzene rings is 1. The topological polar surface area (TPSA) is 50.4 Å². The molecular formula is C16H25ClN2O2. The van der Waals surface area contributed by atoms with Gasteiger partial charge < -0.3 is 15.4 Å². The van der Waals surface area contributed by atoms with Crippen LogP contribution in [0.15, 0.2) is 24.3 Å². The smallest absolute Gasteiger partial charge is 0.223 e. The molecule has 0 radical (unpaired) electrons. The number of halogens is 1. The summed E-state index contributed by atoms with van der Waals surface area (Å²) in [7, 11) is 0. The Balaban J connectivity index is 0.00000220. The van der Waals surface area contributed by atoms with Gasteiger partial charge in [-0.2, -0.15) is 0 Å². The molecule has 21 heavy (non-hydrogen) atoms. The van der Waals surface area contributed by atoms with Crippen molar-refractivity contribution in [3.05, 3.63) is 29.8 Å². The van der Waals surface area contributed by atoms with E-state index in [0.29, 0.717) is 13.2 Å². The Morgan fingerprint density at radius 2 is 1.95 bits per heavy atom. The standard InChI is InChI=1S/C16H24N2O2.ClH/c1-13-3-5-15(6-4-13)20-12-2-9-18-16(19)14-7-10-17-11-8-14;/h3-6,14,17H,2,7-12H2,1H3,(H,18,19);1H. The number of piperidine rings is 1. The fourth-order valence-electron chi connectivity index (χ4n) is 2.34. The summed E-state index contributed by atoms with van der Waals surface area (Å²) in [5, 5.41) is 6.27. The van der Waals surface area contributed by atoms with E-state index in [1.165, 1.54) is 5.56 Å². The van der Waals surface area contributed by atoms with Crippen LogP contribution in [-0.2, 0) is 4.79 Å². The maximum absolute atomic E-state index is 11.9. The third kappa shape index (κ3) is 6.36. The lowest BCUT2D eigenvalue weighted by atomic mass is 9.97. The Labute approximate surface area is 133 Å². The number of carbonyl (C=O) groups is 1. The van der Waals surface area contributed by atoms with Gasteiger partial charge in [0.15, 0.2) is 0 Å². The van der Waals surface area contributed by atoms with Crippen LogP contribution in [0, 0.1) is 12.8 Å². The predicted octanol–water partition coefficient (Wildman–Crippen LogP) is 2.30. The molecule has 1 fully saturated rings. The molecule has 0 bridgehead atoms. The van der Waals surface area contributed by atoms with E-state index in [1.54, 1.807) is 0 Å². The molecule has 2 rings (SSSR count). The van der Waals surface area contributed by atoms with Gasteiger partial charge in [0.05, 0.1) is 6.61 Å². The summed E-state index contributed by atoms with van der Waals surface area (Å²) in [4.78, 5) is 11.9. The van der Waals surface area contributed by atoms with Crippen molar-refractivity contribution in [1.29, 1.82) is 0 Å². The van der Waals surface area contributed by atoms with Gasteiger partial charge in [0.1, 0.15) is 5.75 Å². The number of amides is 1. The minimum Gasteiger partial charge on any atom is -0.494 e.